The van der Waals surface area contributed by atoms with Gasteiger partial charge in [-0.25, -0.2) is 0 Å². The van der Waals surface area contributed by atoms with Gasteiger partial charge in [0.25, 0.3) is 0 Å². The Kier molecular flexibility index (Phi) is 2.83. The van der Waals surface area contributed by atoms with Crippen LogP contribution in [0, 0.1) is 0 Å². The zero-order valence-corrected chi connectivity index (χ0v) is 11.8. The Morgan fingerprint density at radius 1 is 1.10 bits per heavy atom. The molecule has 4 rings (SSSR count). The van der Waals surface area contributed by atoms with E-state index in [-0.39, 0.29) is 6.04 Å². The van der Waals surface area contributed by atoms with Crippen molar-refractivity contribution >= 4 is 22.7 Å². The average molecular weight is 281 g/mol. The number of fused-ring (bicyclic) bond motifs is 2. The van der Waals surface area contributed by atoms with Gasteiger partial charge in [0.2, 0.25) is 0 Å². The molecule has 0 amide bonds. The number of hydrogen-bond donors (Lipinski definition) is 1. The van der Waals surface area contributed by atoms with E-state index < -0.39 is 0 Å². The molecule has 3 aromatic rings. The second kappa shape index (κ2) is 4.69. The van der Waals surface area contributed by atoms with Gasteiger partial charge in [-0.3, -0.25) is 0 Å². The van der Waals surface area contributed by atoms with Gasteiger partial charge in [0.1, 0.15) is 11.3 Å². The molecule has 0 radical (unpaired) electrons. The van der Waals surface area contributed by atoms with Crippen molar-refractivity contribution in [3.63, 3.8) is 0 Å². The van der Waals surface area contributed by atoms with E-state index >= 15 is 0 Å². The fourth-order valence-electron chi connectivity index (χ4n) is 2.85. The molecule has 0 aliphatic carbocycles. The summed E-state index contributed by atoms with van der Waals surface area (Å²) in [6, 6.07) is 18.6. The first-order valence-electron chi connectivity index (χ1n) is 6.79. The molecule has 20 heavy (non-hydrogen) atoms. The first-order chi connectivity index (χ1) is 9.83. The van der Waals surface area contributed by atoms with Gasteiger partial charge >= 0.3 is 0 Å². The summed E-state index contributed by atoms with van der Waals surface area (Å²) in [6.45, 7) is 0. The second-order valence-corrected chi connectivity index (χ2v) is 6.23. The molecule has 0 saturated heterocycles. The molecule has 1 aliphatic rings. The summed E-state index contributed by atoms with van der Waals surface area (Å²) in [6.07, 6.45) is 0. The van der Waals surface area contributed by atoms with Gasteiger partial charge in [-0.2, -0.15) is 0 Å². The minimum absolute atomic E-state index is 0.0847. The number of nitrogens with two attached hydrogens (primary N) is 1. The SMILES string of the molecule is NC(c1cc2ccccc2o1)C1CSc2ccccc21. The van der Waals surface area contributed by atoms with Crippen molar-refractivity contribution in [2.75, 3.05) is 5.75 Å². The van der Waals surface area contributed by atoms with Crippen LogP contribution in [0.4, 0.5) is 0 Å². The van der Waals surface area contributed by atoms with Crippen molar-refractivity contribution in [1.82, 2.24) is 0 Å². The van der Waals surface area contributed by atoms with E-state index in [9.17, 15) is 0 Å². The van der Waals surface area contributed by atoms with Crippen LogP contribution >= 0.6 is 11.8 Å². The molecule has 0 saturated carbocycles. The number of benzene rings is 2. The van der Waals surface area contributed by atoms with Crippen LogP contribution in [0.3, 0.4) is 0 Å². The highest BCUT2D eigenvalue weighted by Crippen LogP contribution is 2.45. The van der Waals surface area contributed by atoms with Gasteiger partial charge in [-0.15, -0.1) is 11.8 Å². The lowest BCUT2D eigenvalue weighted by atomic mass is 9.92. The first-order valence-corrected chi connectivity index (χ1v) is 7.77. The number of thioether (sulfide) groups is 1. The minimum Gasteiger partial charge on any atom is -0.459 e. The van der Waals surface area contributed by atoms with E-state index in [0.29, 0.717) is 5.92 Å². The van der Waals surface area contributed by atoms with Crippen molar-refractivity contribution in [2.24, 2.45) is 5.73 Å². The van der Waals surface area contributed by atoms with Crippen molar-refractivity contribution in [3.05, 3.63) is 65.9 Å². The molecule has 1 aliphatic heterocycles. The maximum atomic E-state index is 6.47. The molecule has 0 spiro atoms. The van der Waals surface area contributed by atoms with E-state index in [4.69, 9.17) is 10.2 Å². The number of para-hydroxylation sites is 1. The molecular formula is C17H15NOS. The third kappa shape index (κ3) is 1.86. The zero-order valence-electron chi connectivity index (χ0n) is 11.0. The molecule has 0 bridgehead atoms. The standard InChI is InChI=1S/C17H15NOS/c18-17(13-10-20-16-8-4-2-6-12(13)16)15-9-11-5-1-3-7-14(11)19-15/h1-9,13,17H,10,18H2. The Labute approximate surface area is 122 Å². The van der Waals surface area contributed by atoms with E-state index in [0.717, 1.165) is 22.5 Å². The van der Waals surface area contributed by atoms with Gasteiger partial charge in [0.15, 0.2) is 0 Å². The molecule has 2 aromatic carbocycles. The van der Waals surface area contributed by atoms with E-state index in [1.54, 1.807) is 0 Å². The molecule has 2 heterocycles. The van der Waals surface area contributed by atoms with Gasteiger partial charge in [0, 0.05) is 22.0 Å². The van der Waals surface area contributed by atoms with Crippen LogP contribution in [0.2, 0.25) is 0 Å². The molecule has 2 unspecified atom stereocenters. The van der Waals surface area contributed by atoms with Crippen molar-refractivity contribution in [1.29, 1.82) is 0 Å². The van der Waals surface area contributed by atoms with Crippen molar-refractivity contribution < 1.29 is 4.42 Å². The fraction of sp³-hybridized carbons (Fsp3) is 0.176. The Bertz CT molecular complexity index is 731. The van der Waals surface area contributed by atoms with E-state index in [1.807, 2.05) is 30.0 Å². The highest BCUT2D eigenvalue weighted by molar-refractivity contribution is 7.99. The molecular weight excluding hydrogens is 266 g/mol. The lowest BCUT2D eigenvalue weighted by Crippen LogP contribution is -2.19. The number of furan rings is 1. The maximum absolute atomic E-state index is 6.47. The molecule has 0 fully saturated rings. The normalized spacial score (nSPS) is 19.1. The monoisotopic (exact) mass is 281 g/mol. The molecule has 2 atom stereocenters. The maximum Gasteiger partial charge on any atom is 0.134 e. The average Bonchev–Trinajstić information content (AvgIpc) is 3.10. The summed E-state index contributed by atoms with van der Waals surface area (Å²) in [5.41, 5.74) is 8.74. The molecule has 3 heteroatoms. The quantitative estimate of drug-likeness (QED) is 0.760. The lowest BCUT2D eigenvalue weighted by molar-refractivity contribution is 0.461. The topological polar surface area (TPSA) is 39.2 Å². The van der Waals surface area contributed by atoms with E-state index in [2.05, 4.69) is 36.4 Å². The second-order valence-electron chi connectivity index (χ2n) is 5.17. The summed E-state index contributed by atoms with van der Waals surface area (Å²) < 4.78 is 5.92. The van der Waals surface area contributed by atoms with Crippen molar-refractivity contribution in [2.45, 2.75) is 16.9 Å². The summed E-state index contributed by atoms with van der Waals surface area (Å²) in [4.78, 5) is 1.35. The Hall–Kier alpha value is -1.71. The van der Waals surface area contributed by atoms with Crippen LogP contribution in [0.15, 0.2) is 63.9 Å². The van der Waals surface area contributed by atoms with Crippen LogP contribution in [0.5, 0.6) is 0 Å². The van der Waals surface area contributed by atoms with Crippen LogP contribution in [-0.2, 0) is 0 Å². The highest BCUT2D eigenvalue weighted by Gasteiger charge is 2.30. The first kappa shape index (κ1) is 12.1. The highest BCUT2D eigenvalue weighted by atomic mass is 32.2. The zero-order chi connectivity index (χ0) is 13.5. The summed E-state index contributed by atoms with van der Waals surface area (Å²) in [5.74, 6) is 2.24. The fourth-order valence-corrected chi connectivity index (χ4v) is 4.16. The molecule has 2 N–H and O–H groups in total. The van der Waals surface area contributed by atoms with Crippen LogP contribution in [-0.4, -0.2) is 5.75 Å². The largest absolute Gasteiger partial charge is 0.459 e. The van der Waals surface area contributed by atoms with Crippen LogP contribution < -0.4 is 5.73 Å². The molecule has 2 nitrogen and oxygen atoms in total. The summed E-state index contributed by atoms with van der Waals surface area (Å²) in [5, 5.41) is 1.12. The Balaban J connectivity index is 1.72. The van der Waals surface area contributed by atoms with Crippen molar-refractivity contribution in [3.8, 4) is 0 Å². The van der Waals surface area contributed by atoms with Gasteiger partial charge < -0.3 is 10.2 Å². The van der Waals surface area contributed by atoms with Gasteiger partial charge in [-0.1, -0.05) is 36.4 Å². The third-order valence-corrected chi connectivity index (χ3v) is 5.15. The van der Waals surface area contributed by atoms with E-state index in [1.165, 1.54) is 10.5 Å². The number of rotatable bonds is 2. The molecule has 1 aromatic heterocycles. The summed E-state index contributed by atoms with van der Waals surface area (Å²) >= 11 is 1.88. The minimum atomic E-state index is -0.0847. The predicted octanol–water partition coefficient (Wildman–Crippen LogP) is 4.32. The predicted molar refractivity (Wildman–Crippen MR) is 83.0 cm³/mol. The summed E-state index contributed by atoms with van der Waals surface area (Å²) in [7, 11) is 0. The van der Waals surface area contributed by atoms with Gasteiger partial charge in [0.05, 0.1) is 6.04 Å². The van der Waals surface area contributed by atoms with Crippen LogP contribution in [0.25, 0.3) is 11.0 Å². The third-order valence-electron chi connectivity index (χ3n) is 3.94. The lowest BCUT2D eigenvalue weighted by Gasteiger charge is -2.17. The Morgan fingerprint density at radius 3 is 2.80 bits per heavy atom. The van der Waals surface area contributed by atoms with Crippen LogP contribution in [0.1, 0.15) is 23.3 Å². The number of hydrogen-bond acceptors (Lipinski definition) is 3. The smallest absolute Gasteiger partial charge is 0.134 e. The molecule has 100 valence electrons. The van der Waals surface area contributed by atoms with Gasteiger partial charge in [-0.05, 0) is 23.8 Å². The Morgan fingerprint density at radius 2 is 1.90 bits per heavy atom.